The summed E-state index contributed by atoms with van der Waals surface area (Å²) in [6.07, 6.45) is 1.13. The number of hydrogen-bond donors (Lipinski definition) is 1. The van der Waals surface area contributed by atoms with E-state index in [2.05, 4.69) is 18.8 Å². The summed E-state index contributed by atoms with van der Waals surface area (Å²) in [5, 5.41) is 10.4. The number of aromatic nitrogens is 1. The Bertz CT molecular complexity index is 349. The Kier molecular flexibility index (Phi) is 4.60. The van der Waals surface area contributed by atoms with E-state index in [1.807, 2.05) is 11.8 Å². The van der Waals surface area contributed by atoms with E-state index in [-0.39, 0.29) is 5.69 Å². The van der Waals surface area contributed by atoms with Crippen molar-refractivity contribution in [2.45, 2.75) is 38.2 Å². The van der Waals surface area contributed by atoms with Crippen molar-refractivity contribution >= 4 is 29.1 Å². The van der Waals surface area contributed by atoms with Crippen LogP contribution < -0.4 is 0 Å². The normalized spacial score (nSPS) is 12.7. The minimum Gasteiger partial charge on any atom is -0.476 e. The van der Waals surface area contributed by atoms with Gasteiger partial charge in [0.25, 0.3) is 0 Å². The molecular formula is C10H15NO2S2. The van der Waals surface area contributed by atoms with Gasteiger partial charge in [0.2, 0.25) is 0 Å². The molecule has 1 aromatic rings. The molecule has 1 atom stereocenters. The number of carboxylic acid groups (broad SMARTS) is 1. The Morgan fingerprint density at radius 1 is 1.67 bits per heavy atom. The number of nitrogens with zero attached hydrogens (tertiary/aromatic N) is 1. The first-order chi connectivity index (χ1) is 7.04. The highest BCUT2D eigenvalue weighted by molar-refractivity contribution is 7.99. The van der Waals surface area contributed by atoms with E-state index in [1.54, 1.807) is 6.92 Å². The lowest BCUT2D eigenvalue weighted by Gasteiger charge is -2.04. The van der Waals surface area contributed by atoms with Crippen LogP contribution in [-0.4, -0.2) is 21.3 Å². The fraction of sp³-hybridized carbons (Fsp3) is 0.600. The topological polar surface area (TPSA) is 50.2 Å². The van der Waals surface area contributed by atoms with Crippen LogP contribution in [0.5, 0.6) is 0 Å². The number of carboxylic acids is 1. The third-order valence-corrected chi connectivity index (χ3v) is 4.61. The number of thioether (sulfide) groups is 1. The van der Waals surface area contributed by atoms with Gasteiger partial charge in [0.15, 0.2) is 5.69 Å². The predicted octanol–water partition coefficient (Wildman–Crippen LogP) is 3.18. The van der Waals surface area contributed by atoms with Crippen molar-refractivity contribution < 1.29 is 9.90 Å². The highest BCUT2D eigenvalue weighted by Gasteiger charge is 2.14. The third-order valence-electron chi connectivity index (χ3n) is 2.11. The van der Waals surface area contributed by atoms with Crippen LogP contribution in [0.2, 0.25) is 0 Å². The first-order valence-electron chi connectivity index (χ1n) is 4.85. The highest BCUT2D eigenvalue weighted by Crippen LogP contribution is 2.24. The van der Waals surface area contributed by atoms with Gasteiger partial charge in [-0.25, -0.2) is 9.78 Å². The van der Waals surface area contributed by atoms with E-state index in [9.17, 15) is 4.79 Å². The molecule has 5 heteroatoms. The number of carbonyl (C=O) groups is 1. The molecule has 0 radical (unpaired) electrons. The maximum absolute atomic E-state index is 10.8. The fourth-order valence-electron chi connectivity index (χ4n) is 1.04. The molecule has 3 nitrogen and oxygen atoms in total. The average Bonchev–Trinajstić information content (AvgIpc) is 2.56. The second kappa shape index (κ2) is 5.51. The van der Waals surface area contributed by atoms with Gasteiger partial charge >= 0.3 is 5.97 Å². The van der Waals surface area contributed by atoms with Crippen molar-refractivity contribution in [1.82, 2.24) is 4.98 Å². The van der Waals surface area contributed by atoms with Gasteiger partial charge in [-0.05, 0) is 13.3 Å². The number of hydrogen-bond acceptors (Lipinski definition) is 4. The minimum atomic E-state index is -0.927. The van der Waals surface area contributed by atoms with Crippen molar-refractivity contribution in [3.05, 3.63) is 15.6 Å². The van der Waals surface area contributed by atoms with Gasteiger partial charge in [0.05, 0.1) is 0 Å². The smallest absolute Gasteiger partial charge is 0.355 e. The van der Waals surface area contributed by atoms with Gasteiger partial charge in [-0.15, -0.1) is 11.3 Å². The van der Waals surface area contributed by atoms with Gasteiger partial charge in [-0.1, -0.05) is 13.8 Å². The van der Waals surface area contributed by atoms with E-state index < -0.39 is 5.97 Å². The summed E-state index contributed by atoms with van der Waals surface area (Å²) < 4.78 is 0. The quantitative estimate of drug-likeness (QED) is 0.865. The van der Waals surface area contributed by atoms with Crippen molar-refractivity contribution in [3.8, 4) is 0 Å². The summed E-state index contributed by atoms with van der Waals surface area (Å²) in [6, 6.07) is 0. The molecule has 0 saturated carbocycles. The van der Waals surface area contributed by atoms with Gasteiger partial charge in [0, 0.05) is 15.9 Å². The molecule has 0 aliphatic rings. The molecule has 0 aliphatic carbocycles. The zero-order valence-electron chi connectivity index (χ0n) is 9.11. The number of thiazole rings is 1. The van der Waals surface area contributed by atoms with Crippen LogP contribution in [0.1, 0.15) is 40.6 Å². The second-order valence-electron chi connectivity index (χ2n) is 3.35. The minimum absolute atomic E-state index is 0.208. The molecule has 0 saturated heterocycles. The van der Waals surface area contributed by atoms with Crippen molar-refractivity contribution in [1.29, 1.82) is 0 Å². The molecule has 0 bridgehead atoms. The summed E-state index contributed by atoms with van der Waals surface area (Å²) in [5.74, 6) is -0.114. The van der Waals surface area contributed by atoms with Crippen LogP contribution in [0.15, 0.2) is 0 Å². The number of rotatable bonds is 5. The lowest BCUT2D eigenvalue weighted by atomic mass is 10.4. The molecule has 1 rings (SSSR count). The second-order valence-corrected chi connectivity index (χ2v) is 6.06. The molecule has 1 aromatic heterocycles. The standard InChI is InChI=1S/C10H15NO2S2/c1-4-6(2)14-5-8-11-9(10(12)13)7(3)15-8/h6H,4-5H2,1-3H3,(H,12,13). The Morgan fingerprint density at radius 2 is 2.33 bits per heavy atom. The monoisotopic (exact) mass is 245 g/mol. The first kappa shape index (κ1) is 12.5. The van der Waals surface area contributed by atoms with Crippen LogP contribution in [0.4, 0.5) is 0 Å². The summed E-state index contributed by atoms with van der Waals surface area (Å²) in [5.41, 5.74) is 0.208. The third kappa shape index (κ3) is 3.50. The lowest BCUT2D eigenvalue weighted by Crippen LogP contribution is -1.99. The highest BCUT2D eigenvalue weighted by atomic mass is 32.2. The summed E-state index contributed by atoms with van der Waals surface area (Å²) >= 11 is 3.30. The summed E-state index contributed by atoms with van der Waals surface area (Å²) in [4.78, 5) is 15.7. The molecule has 1 N–H and O–H groups in total. The average molecular weight is 245 g/mol. The molecule has 0 aromatic carbocycles. The molecule has 0 fully saturated rings. The molecular weight excluding hydrogens is 230 g/mol. The Labute approximate surface area is 97.9 Å². The Balaban J connectivity index is 2.63. The Morgan fingerprint density at radius 3 is 2.80 bits per heavy atom. The van der Waals surface area contributed by atoms with E-state index in [1.165, 1.54) is 11.3 Å². The van der Waals surface area contributed by atoms with E-state index >= 15 is 0 Å². The zero-order chi connectivity index (χ0) is 11.4. The molecule has 1 heterocycles. The zero-order valence-corrected chi connectivity index (χ0v) is 10.7. The van der Waals surface area contributed by atoms with Crippen molar-refractivity contribution in [2.24, 2.45) is 0 Å². The fourth-order valence-corrected chi connectivity index (χ4v) is 2.93. The van der Waals surface area contributed by atoms with E-state index in [0.29, 0.717) is 5.25 Å². The van der Waals surface area contributed by atoms with Crippen LogP contribution in [0, 0.1) is 6.92 Å². The largest absolute Gasteiger partial charge is 0.476 e. The van der Waals surface area contributed by atoms with Gasteiger partial charge in [0.1, 0.15) is 5.01 Å². The van der Waals surface area contributed by atoms with Crippen LogP contribution in [0.25, 0.3) is 0 Å². The molecule has 84 valence electrons. The molecule has 0 aliphatic heterocycles. The number of aryl methyl sites for hydroxylation is 1. The maximum Gasteiger partial charge on any atom is 0.355 e. The summed E-state index contributed by atoms with van der Waals surface area (Å²) in [7, 11) is 0. The molecule has 1 unspecified atom stereocenters. The van der Waals surface area contributed by atoms with Crippen LogP contribution >= 0.6 is 23.1 Å². The summed E-state index contributed by atoms with van der Waals surface area (Å²) in [6.45, 7) is 6.12. The Hall–Kier alpha value is -0.550. The number of aromatic carboxylic acids is 1. The van der Waals surface area contributed by atoms with Crippen molar-refractivity contribution in [2.75, 3.05) is 0 Å². The van der Waals surface area contributed by atoms with Crippen LogP contribution in [0.3, 0.4) is 0 Å². The van der Waals surface area contributed by atoms with Gasteiger partial charge in [-0.3, -0.25) is 0 Å². The SMILES string of the molecule is CCC(C)SCc1nc(C(=O)O)c(C)s1. The maximum atomic E-state index is 10.8. The van der Waals surface area contributed by atoms with Gasteiger partial charge in [-0.2, -0.15) is 11.8 Å². The molecule has 0 spiro atoms. The van der Waals surface area contributed by atoms with E-state index in [0.717, 1.165) is 22.1 Å². The lowest BCUT2D eigenvalue weighted by molar-refractivity contribution is 0.0690. The van der Waals surface area contributed by atoms with Crippen molar-refractivity contribution in [3.63, 3.8) is 0 Å². The molecule has 15 heavy (non-hydrogen) atoms. The van der Waals surface area contributed by atoms with Crippen LogP contribution in [-0.2, 0) is 5.75 Å². The predicted molar refractivity (Wildman–Crippen MR) is 64.9 cm³/mol. The van der Waals surface area contributed by atoms with Gasteiger partial charge < -0.3 is 5.11 Å². The molecule has 0 amide bonds. The van der Waals surface area contributed by atoms with E-state index in [4.69, 9.17) is 5.11 Å². The first-order valence-corrected chi connectivity index (χ1v) is 6.72.